The standard InChI is InChI=1S/C16H25F2N5O2/c1-16(2,3)20-14(24)11-21-4-6-22(7-5-21)12-8-15(25)23(19-9-12)10-13(17)18/h8-9,13H,4-7,10-11H2,1-3H3,(H,20,24). The molecular formula is C16H25F2N5O2. The van der Waals surface area contributed by atoms with Crippen molar-refractivity contribution in [1.29, 1.82) is 0 Å². The van der Waals surface area contributed by atoms with Crippen molar-refractivity contribution in [2.24, 2.45) is 0 Å². The van der Waals surface area contributed by atoms with Crippen LogP contribution in [0.4, 0.5) is 14.5 Å². The Morgan fingerprint density at radius 1 is 1.28 bits per heavy atom. The maximum atomic E-state index is 12.4. The maximum absolute atomic E-state index is 12.4. The van der Waals surface area contributed by atoms with Gasteiger partial charge in [-0.2, -0.15) is 5.10 Å². The number of carbonyl (C=O) groups excluding carboxylic acids is 1. The highest BCUT2D eigenvalue weighted by molar-refractivity contribution is 5.78. The van der Waals surface area contributed by atoms with E-state index in [1.807, 2.05) is 30.6 Å². The molecule has 1 amide bonds. The highest BCUT2D eigenvalue weighted by atomic mass is 19.3. The lowest BCUT2D eigenvalue weighted by Crippen LogP contribution is -2.52. The van der Waals surface area contributed by atoms with Crippen LogP contribution < -0.4 is 15.8 Å². The molecule has 9 heteroatoms. The highest BCUT2D eigenvalue weighted by Gasteiger charge is 2.22. The van der Waals surface area contributed by atoms with Gasteiger partial charge in [-0.3, -0.25) is 14.5 Å². The molecule has 0 bridgehead atoms. The zero-order chi connectivity index (χ0) is 18.6. The van der Waals surface area contributed by atoms with Crippen LogP contribution in [0.1, 0.15) is 20.8 Å². The summed E-state index contributed by atoms with van der Waals surface area (Å²) >= 11 is 0. The SMILES string of the molecule is CC(C)(C)NC(=O)CN1CCN(c2cnn(CC(F)F)c(=O)c2)CC1. The third-order valence-corrected chi connectivity index (χ3v) is 3.79. The van der Waals surface area contributed by atoms with E-state index in [-0.39, 0.29) is 11.4 Å². The molecule has 0 spiro atoms. The average Bonchev–Trinajstić information content (AvgIpc) is 2.48. The van der Waals surface area contributed by atoms with Gasteiger partial charge in [-0.05, 0) is 20.8 Å². The number of piperazine rings is 1. The molecule has 1 aromatic heterocycles. The summed E-state index contributed by atoms with van der Waals surface area (Å²) in [4.78, 5) is 27.8. The van der Waals surface area contributed by atoms with E-state index in [1.165, 1.54) is 12.3 Å². The van der Waals surface area contributed by atoms with Crippen LogP contribution in [0.15, 0.2) is 17.1 Å². The predicted molar refractivity (Wildman–Crippen MR) is 91.0 cm³/mol. The molecule has 2 heterocycles. The topological polar surface area (TPSA) is 70.5 Å². The van der Waals surface area contributed by atoms with Crippen molar-refractivity contribution >= 4 is 11.6 Å². The summed E-state index contributed by atoms with van der Waals surface area (Å²) in [5.41, 5.74) is -0.175. The number of carbonyl (C=O) groups is 1. The van der Waals surface area contributed by atoms with Gasteiger partial charge in [0.05, 0.1) is 18.4 Å². The van der Waals surface area contributed by atoms with Gasteiger partial charge in [-0.1, -0.05) is 0 Å². The Kier molecular flexibility index (Phi) is 6.10. The number of rotatable bonds is 5. The van der Waals surface area contributed by atoms with E-state index >= 15 is 0 Å². The van der Waals surface area contributed by atoms with E-state index in [0.717, 1.165) is 4.68 Å². The lowest BCUT2D eigenvalue weighted by atomic mass is 10.1. The molecule has 1 aliphatic heterocycles. The van der Waals surface area contributed by atoms with Gasteiger partial charge in [-0.25, -0.2) is 13.5 Å². The minimum atomic E-state index is -2.61. The third kappa shape index (κ3) is 6.08. The van der Waals surface area contributed by atoms with E-state index in [1.54, 1.807) is 0 Å². The molecule has 1 fully saturated rings. The Balaban J connectivity index is 1.89. The molecule has 25 heavy (non-hydrogen) atoms. The number of nitrogens with one attached hydrogen (secondary N) is 1. The van der Waals surface area contributed by atoms with Crippen LogP contribution in [0, 0.1) is 0 Å². The molecule has 1 N–H and O–H groups in total. The van der Waals surface area contributed by atoms with Crippen molar-refractivity contribution in [1.82, 2.24) is 20.0 Å². The molecule has 140 valence electrons. The molecule has 0 unspecified atom stereocenters. The highest BCUT2D eigenvalue weighted by Crippen LogP contribution is 2.13. The lowest BCUT2D eigenvalue weighted by molar-refractivity contribution is -0.123. The fraction of sp³-hybridized carbons (Fsp3) is 0.688. The van der Waals surface area contributed by atoms with E-state index in [2.05, 4.69) is 10.4 Å². The van der Waals surface area contributed by atoms with Crippen LogP contribution >= 0.6 is 0 Å². The van der Waals surface area contributed by atoms with Crippen molar-refractivity contribution in [2.45, 2.75) is 39.3 Å². The number of anilines is 1. The fourth-order valence-corrected chi connectivity index (χ4v) is 2.69. The number of halogens is 2. The molecule has 1 aromatic rings. The zero-order valence-corrected chi connectivity index (χ0v) is 14.8. The molecular weight excluding hydrogens is 332 g/mol. The maximum Gasteiger partial charge on any atom is 0.269 e. The monoisotopic (exact) mass is 357 g/mol. The first kappa shape index (κ1) is 19.3. The van der Waals surface area contributed by atoms with Gasteiger partial charge in [-0.15, -0.1) is 0 Å². The van der Waals surface area contributed by atoms with Gasteiger partial charge in [0.2, 0.25) is 5.91 Å². The van der Waals surface area contributed by atoms with Crippen LogP contribution in [0.3, 0.4) is 0 Å². The van der Waals surface area contributed by atoms with Gasteiger partial charge >= 0.3 is 0 Å². The Labute approximate surface area is 145 Å². The van der Waals surface area contributed by atoms with Gasteiger partial charge in [0.25, 0.3) is 12.0 Å². The van der Waals surface area contributed by atoms with E-state index in [0.29, 0.717) is 38.4 Å². The first-order valence-electron chi connectivity index (χ1n) is 8.28. The van der Waals surface area contributed by atoms with E-state index in [9.17, 15) is 18.4 Å². The smallest absolute Gasteiger partial charge is 0.269 e. The van der Waals surface area contributed by atoms with E-state index in [4.69, 9.17) is 0 Å². The van der Waals surface area contributed by atoms with Crippen molar-refractivity contribution in [3.05, 3.63) is 22.6 Å². The Morgan fingerprint density at radius 2 is 1.92 bits per heavy atom. The molecule has 0 aromatic carbocycles. The van der Waals surface area contributed by atoms with Crippen molar-refractivity contribution < 1.29 is 13.6 Å². The van der Waals surface area contributed by atoms with Gasteiger partial charge in [0, 0.05) is 37.8 Å². The molecule has 1 aliphatic rings. The summed E-state index contributed by atoms with van der Waals surface area (Å²) < 4.78 is 25.5. The molecule has 7 nitrogen and oxygen atoms in total. The summed E-state index contributed by atoms with van der Waals surface area (Å²) in [7, 11) is 0. The Bertz CT molecular complexity index is 649. The second-order valence-corrected chi connectivity index (χ2v) is 7.19. The first-order valence-corrected chi connectivity index (χ1v) is 8.28. The van der Waals surface area contributed by atoms with Crippen molar-refractivity contribution in [3.63, 3.8) is 0 Å². The zero-order valence-electron chi connectivity index (χ0n) is 14.8. The van der Waals surface area contributed by atoms with Gasteiger partial charge in [0.1, 0.15) is 6.54 Å². The first-order chi connectivity index (χ1) is 11.6. The number of hydrogen-bond donors (Lipinski definition) is 1. The largest absolute Gasteiger partial charge is 0.368 e. The number of hydrogen-bond acceptors (Lipinski definition) is 5. The molecule has 0 aliphatic carbocycles. The summed E-state index contributed by atoms with van der Waals surface area (Å²) in [5, 5.41) is 6.74. The van der Waals surface area contributed by atoms with Crippen LogP contribution in [0.25, 0.3) is 0 Å². The molecule has 1 saturated heterocycles. The van der Waals surface area contributed by atoms with Crippen LogP contribution in [-0.4, -0.2) is 65.3 Å². The number of amides is 1. The minimum Gasteiger partial charge on any atom is -0.368 e. The quantitative estimate of drug-likeness (QED) is 0.833. The Morgan fingerprint density at radius 3 is 2.44 bits per heavy atom. The van der Waals surface area contributed by atoms with Crippen LogP contribution in [0.5, 0.6) is 0 Å². The minimum absolute atomic E-state index is 0.0165. The summed E-state index contributed by atoms with van der Waals surface area (Å²) in [6, 6.07) is 1.33. The fourth-order valence-electron chi connectivity index (χ4n) is 2.69. The number of alkyl halides is 2. The summed E-state index contributed by atoms with van der Waals surface area (Å²) in [6.45, 7) is 8.08. The molecule has 0 saturated carbocycles. The van der Waals surface area contributed by atoms with Gasteiger partial charge < -0.3 is 10.2 Å². The second-order valence-electron chi connectivity index (χ2n) is 7.19. The van der Waals surface area contributed by atoms with Crippen molar-refractivity contribution in [2.75, 3.05) is 37.6 Å². The average molecular weight is 357 g/mol. The molecule has 2 rings (SSSR count). The molecule has 0 atom stereocenters. The summed E-state index contributed by atoms with van der Waals surface area (Å²) in [6.07, 6.45) is -1.18. The third-order valence-electron chi connectivity index (χ3n) is 3.79. The second kappa shape index (κ2) is 7.90. The number of aromatic nitrogens is 2. The number of nitrogens with zero attached hydrogens (tertiary/aromatic N) is 4. The Hall–Kier alpha value is -2.03. The molecule has 0 radical (unpaired) electrons. The van der Waals surface area contributed by atoms with Gasteiger partial charge in [0.15, 0.2) is 0 Å². The van der Waals surface area contributed by atoms with Crippen LogP contribution in [0.2, 0.25) is 0 Å². The van der Waals surface area contributed by atoms with E-state index < -0.39 is 18.5 Å². The van der Waals surface area contributed by atoms with Crippen LogP contribution in [-0.2, 0) is 11.3 Å². The normalized spacial score (nSPS) is 16.3. The lowest BCUT2D eigenvalue weighted by Gasteiger charge is -2.36. The van der Waals surface area contributed by atoms with Crippen molar-refractivity contribution in [3.8, 4) is 0 Å². The summed E-state index contributed by atoms with van der Waals surface area (Å²) in [5.74, 6) is -0.0165. The predicted octanol–water partition coefficient (Wildman–Crippen LogP) is 0.545.